The second-order valence-electron chi connectivity index (χ2n) is 3.14. The number of para-hydroxylation sites is 1. The van der Waals surface area contributed by atoms with Crippen LogP contribution in [0.4, 0.5) is 0 Å². The first-order valence-electron chi connectivity index (χ1n) is 4.84. The van der Waals surface area contributed by atoms with E-state index >= 15 is 0 Å². The summed E-state index contributed by atoms with van der Waals surface area (Å²) in [7, 11) is 1.40. The molecule has 17 heavy (non-hydrogen) atoms. The van der Waals surface area contributed by atoms with Crippen molar-refractivity contribution in [2.24, 2.45) is 0 Å². The lowest BCUT2D eigenvalue weighted by molar-refractivity contribution is 0.131. The summed E-state index contributed by atoms with van der Waals surface area (Å²) in [5.41, 5.74) is 0.338. The van der Waals surface area contributed by atoms with Crippen molar-refractivity contribution in [2.45, 2.75) is 5.16 Å². The molecule has 5 nitrogen and oxygen atoms in total. The van der Waals surface area contributed by atoms with Gasteiger partial charge in [-0.3, -0.25) is 4.79 Å². The van der Waals surface area contributed by atoms with Crippen LogP contribution >= 0.6 is 11.8 Å². The van der Waals surface area contributed by atoms with Crippen LogP contribution in [-0.4, -0.2) is 22.6 Å². The molecule has 0 amide bonds. The van der Waals surface area contributed by atoms with Gasteiger partial charge in [0.2, 0.25) is 5.16 Å². The predicted octanol–water partition coefficient (Wildman–Crippen LogP) is 1.07. The van der Waals surface area contributed by atoms with E-state index in [0.717, 1.165) is 4.73 Å². The second kappa shape index (κ2) is 4.89. The first-order chi connectivity index (χ1) is 8.27. The highest BCUT2D eigenvalue weighted by Gasteiger charge is 2.10. The number of nitrogens with zero attached hydrogens (tertiary/aromatic N) is 3. The average Bonchev–Trinajstić information content (AvgIpc) is 2.36. The smallest absolute Gasteiger partial charge is 0.295 e. The summed E-state index contributed by atoms with van der Waals surface area (Å²) in [6.07, 6.45) is 0. The maximum Gasteiger partial charge on any atom is 0.295 e. The minimum absolute atomic E-state index is 0.216. The highest BCUT2D eigenvalue weighted by molar-refractivity contribution is 7.99. The fraction of sp³-hybridized carbons (Fsp3) is 0.182. The molecule has 1 heterocycles. The van der Waals surface area contributed by atoms with Crippen LogP contribution in [0.1, 0.15) is 0 Å². The first-order valence-corrected chi connectivity index (χ1v) is 5.82. The minimum Gasteiger partial charge on any atom is -0.411 e. The van der Waals surface area contributed by atoms with Gasteiger partial charge in [0.05, 0.1) is 22.7 Å². The molecule has 6 heteroatoms. The number of aromatic nitrogens is 2. The molecule has 86 valence electrons. The highest BCUT2D eigenvalue weighted by atomic mass is 32.2. The predicted molar refractivity (Wildman–Crippen MR) is 64.8 cm³/mol. The Morgan fingerprint density at radius 1 is 1.53 bits per heavy atom. The average molecular weight is 247 g/mol. The molecular formula is C11H9N3O2S. The van der Waals surface area contributed by atoms with E-state index in [1.807, 2.05) is 12.1 Å². The highest BCUT2D eigenvalue weighted by Crippen LogP contribution is 2.16. The van der Waals surface area contributed by atoms with Crippen LogP contribution in [-0.2, 0) is 0 Å². The van der Waals surface area contributed by atoms with Crippen molar-refractivity contribution in [3.63, 3.8) is 0 Å². The second-order valence-corrected chi connectivity index (χ2v) is 4.08. The number of fused-ring (bicyclic) bond motifs is 1. The van der Waals surface area contributed by atoms with Crippen molar-refractivity contribution in [3.8, 4) is 6.07 Å². The summed E-state index contributed by atoms with van der Waals surface area (Å²) in [6, 6.07) is 9.02. The van der Waals surface area contributed by atoms with E-state index in [0.29, 0.717) is 16.1 Å². The molecule has 0 spiro atoms. The van der Waals surface area contributed by atoms with Gasteiger partial charge < -0.3 is 4.84 Å². The lowest BCUT2D eigenvalue weighted by Gasteiger charge is -2.09. The van der Waals surface area contributed by atoms with Gasteiger partial charge in [0.25, 0.3) is 5.56 Å². The summed E-state index contributed by atoms with van der Waals surface area (Å²) < 4.78 is 1.10. The molecular weight excluding hydrogens is 238 g/mol. The zero-order valence-corrected chi connectivity index (χ0v) is 9.90. The van der Waals surface area contributed by atoms with Crippen molar-refractivity contribution in [1.82, 2.24) is 9.71 Å². The van der Waals surface area contributed by atoms with Gasteiger partial charge >= 0.3 is 0 Å². The molecule has 1 aromatic carbocycles. The molecule has 2 rings (SSSR count). The van der Waals surface area contributed by atoms with Gasteiger partial charge in [-0.15, -0.1) is 4.73 Å². The van der Waals surface area contributed by atoms with Gasteiger partial charge in [-0.25, -0.2) is 4.98 Å². The number of hydrogen-bond donors (Lipinski definition) is 0. The molecule has 0 aliphatic rings. The molecule has 1 aromatic heterocycles. The van der Waals surface area contributed by atoms with Crippen LogP contribution in [0.25, 0.3) is 10.9 Å². The van der Waals surface area contributed by atoms with E-state index in [-0.39, 0.29) is 11.3 Å². The quantitative estimate of drug-likeness (QED) is 0.599. The van der Waals surface area contributed by atoms with Crippen LogP contribution in [0.2, 0.25) is 0 Å². The lowest BCUT2D eigenvalue weighted by Crippen LogP contribution is -2.27. The summed E-state index contributed by atoms with van der Waals surface area (Å²) in [5, 5.41) is 9.43. The number of nitriles is 1. The Hall–Kier alpha value is -2.00. The molecule has 0 aliphatic heterocycles. The third-order valence-electron chi connectivity index (χ3n) is 2.16. The maximum atomic E-state index is 12.0. The van der Waals surface area contributed by atoms with Gasteiger partial charge in [0, 0.05) is 0 Å². The van der Waals surface area contributed by atoms with Gasteiger partial charge in [0.15, 0.2) is 0 Å². The van der Waals surface area contributed by atoms with E-state index in [1.54, 1.807) is 18.2 Å². The number of rotatable bonds is 3. The largest absolute Gasteiger partial charge is 0.411 e. The van der Waals surface area contributed by atoms with Crippen molar-refractivity contribution in [2.75, 3.05) is 12.9 Å². The van der Waals surface area contributed by atoms with Crippen LogP contribution in [0.3, 0.4) is 0 Å². The lowest BCUT2D eigenvalue weighted by atomic mass is 10.2. The van der Waals surface area contributed by atoms with Gasteiger partial charge in [-0.1, -0.05) is 23.9 Å². The fourth-order valence-corrected chi connectivity index (χ4v) is 2.08. The fourth-order valence-electron chi connectivity index (χ4n) is 1.45. The van der Waals surface area contributed by atoms with Gasteiger partial charge in [0.1, 0.15) is 7.11 Å². The Bertz CT molecular complexity index is 645. The molecule has 0 atom stereocenters. The van der Waals surface area contributed by atoms with Crippen LogP contribution in [0.15, 0.2) is 34.2 Å². The number of hydrogen-bond acceptors (Lipinski definition) is 5. The normalized spacial score (nSPS) is 10.1. The van der Waals surface area contributed by atoms with Crippen LogP contribution in [0, 0.1) is 11.3 Å². The van der Waals surface area contributed by atoms with Crippen LogP contribution < -0.4 is 10.4 Å². The van der Waals surface area contributed by atoms with E-state index in [4.69, 9.17) is 10.1 Å². The Morgan fingerprint density at radius 3 is 3.00 bits per heavy atom. The molecule has 0 bridgehead atoms. The molecule has 0 N–H and O–H groups in total. The third kappa shape index (κ3) is 2.10. The molecule has 0 saturated carbocycles. The number of benzene rings is 1. The van der Waals surface area contributed by atoms with E-state index in [9.17, 15) is 4.79 Å². The molecule has 0 fully saturated rings. The summed E-state index contributed by atoms with van der Waals surface area (Å²) in [6.45, 7) is 0. The molecule has 0 unspecified atom stereocenters. The third-order valence-corrected chi connectivity index (χ3v) is 2.95. The van der Waals surface area contributed by atoms with Gasteiger partial charge in [-0.2, -0.15) is 5.26 Å². The Morgan fingerprint density at radius 2 is 2.29 bits per heavy atom. The molecule has 0 radical (unpaired) electrons. The molecule has 2 aromatic rings. The molecule has 0 aliphatic carbocycles. The van der Waals surface area contributed by atoms with E-state index in [2.05, 4.69) is 4.98 Å². The topological polar surface area (TPSA) is 67.9 Å². The maximum absolute atomic E-state index is 12.0. The standard InChI is InChI=1S/C11H9N3O2S/c1-16-14-10(15)8-4-2-3-5-9(8)13-11(14)17-7-6-12/h2-5H,7H2,1H3. The Kier molecular flexibility index (Phi) is 3.30. The zero-order valence-electron chi connectivity index (χ0n) is 9.08. The molecule has 0 saturated heterocycles. The van der Waals surface area contributed by atoms with Crippen molar-refractivity contribution in [1.29, 1.82) is 5.26 Å². The summed E-state index contributed by atoms with van der Waals surface area (Å²) >= 11 is 1.17. The van der Waals surface area contributed by atoms with E-state index in [1.165, 1.54) is 18.9 Å². The number of thioether (sulfide) groups is 1. The van der Waals surface area contributed by atoms with Crippen LogP contribution in [0.5, 0.6) is 0 Å². The Balaban J connectivity index is 2.67. The summed E-state index contributed by atoms with van der Waals surface area (Å²) in [4.78, 5) is 21.3. The van der Waals surface area contributed by atoms with E-state index < -0.39 is 0 Å². The van der Waals surface area contributed by atoms with Crippen molar-refractivity contribution >= 4 is 22.7 Å². The van der Waals surface area contributed by atoms with Gasteiger partial charge in [-0.05, 0) is 12.1 Å². The Labute approximate surface area is 102 Å². The van der Waals surface area contributed by atoms with Crippen molar-refractivity contribution in [3.05, 3.63) is 34.6 Å². The first kappa shape index (κ1) is 11.5. The van der Waals surface area contributed by atoms with Crippen molar-refractivity contribution < 1.29 is 4.84 Å². The monoisotopic (exact) mass is 247 g/mol. The minimum atomic E-state index is -0.265. The SMILES string of the molecule is COn1c(SCC#N)nc2ccccc2c1=O. The summed E-state index contributed by atoms with van der Waals surface area (Å²) in [5.74, 6) is 0.216. The zero-order chi connectivity index (χ0) is 12.3.